The van der Waals surface area contributed by atoms with Gasteiger partial charge in [0.25, 0.3) is 11.5 Å². The largest absolute Gasteiger partial charge is 0.365 e. The Kier molecular flexibility index (Phi) is 4.63. The zero-order valence-corrected chi connectivity index (χ0v) is 14.2. The van der Waals surface area contributed by atoms with E-state index in [1.54, 1.807) is 25.1 Å². The predicted molar refractivity (Wildman–Crippen MR) is 92.3 cm³/mol. The number of alkyl halides is 1. The van der Waals surface area contributed by atoms with Crippen molar-refractivity contribution in [3.8, 4) is 0 Å². The number of hydrogen-bond donors (Lipinski definition) is 1. The number of aromatic nitrogens is 2. The van der Waals surface area contributed by atoms with Gasteiger partial charge in [-0.3, -0.25) is 14.2 Å². The lowest BCUT2D eigenvalue weighted by atomic mass is 10.1. The molecule has 5 nitrogen and oxygen atoms in total. The third-order valence-corrected chi connectivity index (χ3v) is 5.17. The van der Waals surface area contributed by atoms with Crippen molar-refractivity contribution in [1.29, 1.82) is 0 Å². The summed E-state index contributed by atoms with van der Waals surface area (Å²) >= 11 is 1.02. The average molecular weight is 363 g/mol. The number of nitrogens with two attached hydrogens (primary N) is 1. The van der Waals surface area contributed by atoms with Gasteiger partial charge in [-0.05, 0) is 24.1 Å². The Bertz CT molecular complexity index is 1030. The summed E-state index contributed by atoms with van der Waals surface area (Å²) in [5.74, 6) is -0.825. The van der Waals surface area contributed by atoms with Gasteiger partial charge < -0.3 is 5.73 Å². The predicted octanol–water partition coefficient (Wildman–Crippen LogP) is 2.56. The molecule has 2 N–H and O–H groups in total. The van der Waals surface area contributed by atoms with E-state index >= 15 is 0 Å². The Balaban J connectivity index is 2.24. The first kappa shape index (κ1) is 17.2. The second kappa shape index (κ2) is 6.72. The van der Waals surface area contributed by atoms with E-state index in [-0.39, 0.29) is 29.1 Å². The Labute approximate surface area is 145 Å². The van der Waals surface area contributed by atoms with Crippen LogP contribution in [0, 0.1) is 12.7 Å². The van der Waals surface area contributed by atoms with Crippen molar-refractivity contribution < 1.29 is 13.6 Å². The number of fused-ring (bicyclic) bond motifs is 1. The molecule has 0 radical (unpaired) electrons. The summed E-state index contributed by atoms with van der Waals surface area (Å²) < 4.78 is 28.1. The first-order valence-electron chi connectivity index (χ1n) is 7.56. The number of carbonyl (C=O) groups is 1. The molecule has 2 aromatic heterocycles. The smallest absolute Gasteiger partial charge is 0.262 e. The van der Waals surface area contributed by atoms with E-state index in [0.717, 1.165) is 11.3 Å². The first-order chi connectivity index (χ1) is 11.9. The molecule has 0 saturated carbocycles. The van der Waals surface area contributed by atoms with Crippen molar-refractivity contribution in [3.05, 3.63) is 62.3 Å². The molecule has 2 heterocycles. The molecule has 8 heteroatoms. The third kappa shape index (κ3) is 3.05. The summed E-state index contributed by atoms with van der Waals surface area (Å²) in [6.07, 6.45) is 0.0424. The van der Waals surface area contributed by atoms with Gasteiger partial charge in [-0.1, -0.05) is 18.2 Å². The highest BCUT2D eigenvalue weighted by molar-refractivity contribution is 7.20. The number of amides is 1. The summed E-state index contributed by atoms with van der Waals surface area (Å²) in [6.45, 7) is 0.661. The van der Waals surface area contributed by atoms with Crippen LogP contribution in [-0.2, 0) is 13.0 Å². The molecule has 1 aromatic carbocycles. The standard InChI is InChI=1S/C17H15F2N3O2S/c1-9-13-16(25-14(9)15(20)23)21-12(22(7-6-18)17(13)24)8-10-4-2-3-5-11(10)19/h2-5H,6-8H2,1H3,(H2,20,23). The summed E-state index contributed by atoms with van der Waals surface area (Å²) in [5.41, 5.74) is 5.67. The number of nitrogens with zero attached hydrogens (tertiary/aromatic N) is 2. The number of carbonyl (C=O) groups excluding carboxylic acids is 1. The van der Waals surface area contributed by atoms with Crippen LogP contribution in [0.2, 0.25) is 0 Å². The fraction of sp³-hybridized carbons (Fsp3) is 0.235. The van der Waals surface area contributed by atoms with Crippen molar-refractivity contribution >= 4 is 27.5 Å². The van der Waals surface area contributed by atoms with Gasteiger partial charge in [0, 0.05) is 6.42 Å². The number of aryl methyl sites for hydroxylation is 1. The molecule has 25 heavy (non-hydrogen) atoms. The van der Waals surface area contributed by atoms with Crippen molar-refractivity contribution in [2.24, 2.45) is 5.73 Å². The fourth-order valence-electron chi connectivity index (χ4n) is 2.76. The van der Waals surface area contributed by atoms with Gasteiger partial charge in [-0.2, -0.15) is 0 Å². The molecule has 0 aliphatic carbocycles. The summed E-state index contributed by atoms with van der Waals surface area (Å²) in [7, 11) is 0. The number of benzene rings is 1. The Morgan fingerprint density at radius 2 is 2.08 bits per heavy atom. The SMILES string of the molecule is Cc1c(C(N)=O)sc2nc(Cc3ccccc3F)n(CCF)c(=O)c12. The molecule has 0 fully saturated rings. The molecule has 0 bridgehead atoms. The van der Waals surface area contributed by atoms with Crippen LogP contribution in [0.25, 0.3) is 10.2 Å². The number of rotatable bonds is 5. The third-order valence-electron chi connectivity index (χ3n) is 3.97. The lowest BCUT2D eigenvalue weighted by Gasteiger charge is -2.11. The highest BCUT2D eigenvalue weighted by Gasteiger charge is 2.20. The zero-order chi connectivity index (χ0) is 18.1. The number of primary amides is 1. The fourth-order valence-corrected chi connectivity index (χ4v) is 3.80. The summed E-state index contributed by atoms with van der Waals surface area (Å²) in [6, 6.07) is 6.13. The van der Waals surface area contributed by atoms with Gasteiger partial charge in [0.15, 0.2) is 0 Å². The lowest BCUT2D eigenvalue weighted by molar-refractivity contribution is 0.100. The second-order valence-corrected chi connectivity index (χ2v) is 6.54. The molecule has 0 saturated heterocycles. The maximum Gasteiger partial charge on any atom is 0.262 e. The quantitative estimate of drug-likeness (QED) is 0.757. The minimum Gasteiger partial charge on any atom is -0.365 e. The molecule has 1 amide bonds. The van der Waals surface area contributed by atoms with Gasteiger partial charge in [0.2, 0.25) is 0 Å². The molecule has 0 unspecified atom stereocenters. The first-order valence-corrected chi connectivity index (χ1v) is 8.37. The van der Waals surface area contributed by atoms with Crippen LogP contribution in [0.5, 0.6) is 0 Å². The molecule has 0 aliphatic rings. The number of thiophene rings is 1. The van der Waals surface area contributed by atoms with E-state index in [1.807, 2.05) is 0 Å². The van der Waals surface area contributed by atoms with Gasteiger partial charge in [0.1, 0.15) is 23.1 Å². The molecule has 3 aromatic rings. The summed E-state index contributed by atoms with van der Waals surface area (Å²) in [5, 5.41) is 0.254. The van der Waals surface area contributed by atoms with E-state index in [2.05, 4.69) is 4.98 Å². The van der Waals surface area contributed by atoms with Crippen LogP contribution in [-0.4, -0.2) is 22.1 Å². The van der Waals surface area contributed by atoms with E-state index in [9.17, 15) is 18.4 Å². The van der Waals surface area contributed by atoms with Gasteiger partial charge in [-0.25, -0.2) is 13.8 Å². The van der Waals surface area contributed by atoms with E-state index in [0.29, 0.717) is 16.0 Å². The minimum atomic E-state index is -0.761. The molecular formula is C17H15F2N3O2S. The molecule has 0 atom stereocenters. The van der Waals surface area contributed by atoms with Gasteiger partial charge in [-0.15, -0.1) is 11.3 Å². The average Bonchev–Trinajstić information content (AvgIpc) is 2.90. The van der Waals surface area contributed by atoms with Crippen molar-refractivity contribution in [3.63, 3.8) is 0 Å². The van der Waals surface area contributed by atoms with Gasteiger partial charge >= 0.3 is 0 Å². The van der Waals surface area contributed by atoms with Crippen LogP contribution in [0.3, 0.4) is 0 Å². The topological polar surface area (TPSA) is 78.0 Å². The van der Waals surface area contributed by atoms with Crippen molar-refractivity contribution in [2.45, 2.75) is 19.9 Å². The Morgan fingerprint density at radius 3 is 2.72 bits per heavy atom. The molecule has 0 aliphatic heterocycles. The monoisotopic (exact) mass is 363 g/mol. The van der Waals surface area contributed by atoms with Gasteiger partial charge in [0.05, 0.1) is 16.8 Å². The van der Waals surface area contributed by atoms with Crippen LogP contribution in [0.4, 0.5) is 8.78 Å². The maximum absolute atomic E-state index is 13.9. The highest BCUT2D eigenvalue weighted by Crippen LogP contribution is 2.27. The number of hydrogen-bond acceptors (Lipinski definition) is 4. The zero-order valence-electron chi connectivity index (χ0n) is 13.4. The molecule has 130 valence electrons. The second-order valence-electron chi connectivity index (χ2n) is 5.54. The number of halogens is 2. The van der Waals surface area contributed by atoms with Crippen molar-refractivity contribution in [2.75, 3.05) is 6.67 Å². The normalized spacial score (nSPS) is 11.2. The van der Waals surface area contributed by atoms with E-state index in [1.165, 1.54) is 10.6 Å². The molecular weight excluding hydrogens is 348 g/mol. The van der Waals surface area contributed by atoms with Crippen LogP contribution < -0.4 is 11.3 Å². The lowest BCUT2D eigenvalue weighted by Crippen LogP contribution is -2.26. The van der Waals surface area contributed by atoms with E-state index in [4.69, 9.17) is 5.73 Å². The Hall–Kier alpha value is -2.61. The van der Waals surface area contributed by atoms with Crippen molar-refractivity contribution in [1.82, 2.24) is 9.55 Å². The van der Waals surface area contributed by atoms with Crippen LogP contribution in [0.1, 0.15) is 26.6 Å². The highest BCUT2D eigenvalue weighted by atomic mass is 32.1. The molecule has 0 spiro atoms. The minimum absolute atomic E-state index is 0.0424. The van der Waals surface area contributed by atoms with Crippen LogP contribution in [0.15, 0.2) is 29.1 Å². The van der Waals surface area contributed by atoms with E-state index < -0.39 is 24.0 Å². The molecule has 3 rings (SSSR count). The summed E-state index contributed by atoms with van der Waals surface area (Å²) in [4.78, 5) is 29.3. The maximum atomic E-state index is 13.9. The van der Waals surface area contributed by atoms with Crippen LogP contribution >= 0.6 is 11.3 Å². The Morgan fingerprint density at radius 1 is 1.36 bits per heavy atom.